The minimum Gasteiger partial charge on any atom is -0.494 e. The summed E-state index contributed by atoms with van der Waals surface area (Å²) in [6.07, 6.45) is 2.09. The van der Waals surface area contributed by atoms with Gasteiger partial charge in [-0.05, 0) is 50.6 Å². The lowest BCUT2D eigenvalue weighted by atomic mass is 10.0. The van der Waals surface area contributed by atoms with E-state index in [2.05, 4.69) is 5.32 Å². The van der Waals surface area contributed by atoms with E-state index in [1.807, 2.05) is 51.1 Å². The van der Waals surface area contributed by atoms with Crippen LogP contribution in [0.2, 0.25) is 0 Å². The van der Waals surface area contributed by atoms with Crippen LogP contribution in [-0.4, -0.2) is 23.5 Å². The molecule has 0 aliphatic rings. The Hall–Kier alpha value is -4.33. The molecule has 1 aromatic heterocycles. The lowest BCUT2D eigenvalue weighted by Crippen LogP contribution is -2.17. The van der Waals surface area contributed by atoms with E-state index in [9.17, 15) is 0 Å². The minimum atomic E-state index is -0.805. The molecule has 3 aromatic carbocycles. The van der Waals surface area contributed by atoms with Crippen LogP contribution in [0.25, 0.3) is 11.3 Å². The molecule has 7 nitrogen and oxygen atoms in total. The van der Waals surface area contributed by atoms with E-state index < -0.39 is 11.9 Å². The maximum atomic E-state index is 16.0. The highest BCUT2D eigenvalue weighted by atomic mass is 19.1. The summed E-state index contributed by atoms with van der Waals surface area (Å²) in [6.45, 7) is 6.14. The molecule has 0 saturated carbocycles. The van der Waals surface area contributed by atoms with Gasteiger partial charge in [-0.1, -0.05) is 37.3 Å². The number of oxazole rings is 1. The molecule has 0 fully saturated rings. The quantitative estimate of drug-likeness (QED) is 0.159. The van der Waals surface area contributed by atoms with Crippen molar-refractivity contribution in [1.82, 2.24) is 4.98 Å². The van der Waals surface area contributed by atoms with Gasteiger partial charge in [-0.25, -0.2) is 9.37 Å². The Kier molecular flexibility index (Phi) is 8.08. The second kappa shape index (κ2) is 11.6. The molecule has 0 radical (unpaired) electrons. The van der Waals surface area contributed by atoms with Crippen molar-refractivity contribution in [1.29, 1.82) is 5.41 Å². The molecule has 4 rings (SSSR count). The fraction of sp³-hybridized carbons (Fsp3) is 0.241. The van der Waals surface area contributed by atoms with Gasteiger partial charge in [-0.3, -0.25) is 5.41 Å². The summed E-state index contributed by atoms with van der Waals surface area (Å²) in [5.74, 6) is 0.290. The van der Waals surface area contributed by atoms with Crippen molar-refractivity contribution in [3.8, 4) is 22.8 Å². The Morgan fingerprint density at radius 3 is 2.49 bits per heavy atom. The number of halogens is 1. The topological polar surface area (TPSA) is 106 Å². The number of nitrogens with two attached hydrogens (primary N) is 1. The highest BCUT2D eigenvalue weighted by molar-refractivity contribution is 5.95. The number of nitrogens with one attached hydrogen (secondary N) is 2. The van der Waals surface area contributed by atoms with Gasteiger partial charge in [0.25, 0.3) is 0 Å². The average Bonchev–Trinajstić information content (AvgIpc) is 3.40. The van der Waals surface area contributed by atoms with Crippen molar-refractivity contribution in [3.05, 3.63) is 95.8 Å². The number of benzene rings is 3. The maximum absolute atomic E-state index is 16.0. The molecular weight excluding hydrogens is 471 g/mol. The monoisotopic (exact) mass is 502 g/mol. The SMILES string of the molecule is CCOc1cc(OC(C)CC)c(F)c(C(Nc2ccc(C(=N)N)cc2)c2nc(-c3ccccc3)co2)c1. The third-order valence-corrected chi connectivity index (χ3v) is 5.91. The molecule has 2 unspecified atom stereocenters. The molecule has 0 saturated heterocycles. The van der Waals surface area contributed by atoms with Gasteiger partial charge in [-0.15, -0.1) is 0 Å². The number of hydrogen-bond donors (Lipinski definition) is 3. The molecule has 0 aliphatic heterocycles. The summed E-state index contributed by atoms with van der Waals surface area (Å²) >= 11 is 0. The van der Waals surface area contributed by atoms with Gasteiger partial charge in [0.1, 0.15) is 29.6 Å². The summed E-state index contributed by atoms with van der Waals surface area (Å²) in [5.41, 5.74) is 8.62. The number of nitrogen functional groups attached to an aromatic ring is 1. The molecular formula is C29H31FN4O3. The van der Waals surface area contributed by atoms with Crippen LogP contribution in [0.3, 0.4) is 0 Å². The average molecular weight is 503 g/mol. The highest BCUT2D eigenvalue weighted by Crippen LogP contribution is 2.37. The van der Waals surface area contributed by atoms with Gasteiger partial charge in [0.15, 0.2) is 11.6 Å². The van der Waals surface area contributed by atoms with E-state index in [-0.39, 0.29) is 29.1 Å². The van der Waals surface area contributed by atoms with Gasteiger partial charge >= 0.3 is 0 Å². The van der Waals surface area contributed by atoms with Crippen molar-refractivity contribution in [2.75, 3.05) is 11.9 Å². The largest absolute Gasteiger partial charge is 0.494 e. The Labute approximate surface area is 216 Å². The first-order valence-electron chi connectivity index (χ1n) is 12.2. The van der Waals surface area contributed by atoms with Gasteiger partial charge in [0.2, 0.25) is 5.89 Å². The number of ether oxygens (including phenoxy) is 2. The first kappa shape index (κ1) is 25.8. The first-order chi connectivity index (χ1) is 17.9. The van der Waals surface area contributed by atoms with Crippen LogP contribution in [0.15, 0.2) is 77.4 Å². The van der Waals surface area contributed by atoms with Crippen LogP contribution >= 0.6 is 0 Å². The molecule has 8 heteroatoms. The van der Waals surface area contributed by atoms with Gasteiger partial charge < -0.3 is 24.9 Å². The summed E-state index contributed by atoms with van der Waals surface area (Å²) in [7, 11) is 0. The minimum absolute atomic E-state index is 0.0365. The van der Waals surface area contributed by atoms with Crippen LogP contribution in [-0.2, 0) is 0 Å². The van der Waals surface area contributed by atoms with Crippen molar-refractivity contribution >= 4 is 11.5 Å². The third kappa shape index (κ3) is 6.09. The number of aromatic nitrogens is 1. The molecule has 4 N–H and O–H groups in total. The zero-order valence-electron chi connectivity index (χ0n) is 21.1. The number of amidine groups is 1. The zero-order valence-corrected chi connectivity index (χ0v) is 21.1. The Morgan fingerprint density at radius 1 is 1.11 bits per heavy atom. The van der Waals surface area contributed by atoms with E-state index in [1.165, 1.54) is 0 Å². The first-order valence-corrected chi connectivity index (χ1v) is 12.2. The van der Waals surface area contributed by atoms with Crippen LogP contribution in [0.4, 0.5) is 10.1 Å². The molecule has 4 aromatic rings. The van der Waals surface area contributed by atoms with Crippen LogP contribution < -0.4 is 20.5 Å². The molecule has 2 atom stereocenters. The van der Waals surface area contributed by atoms with E-state index in [0.29, 0.717) is 29.3 Å². The molecule has 37 heavy (non-hydrogen) atoms. The Balaban J connectivity index is 1.81. The van der Waals surface area contributed by atoms with Crippen LogP contribution in [0.5, 0.6) is 11.5 Å². The van der Waals surface area contributed by atoms with Gasteiger partial charge in [0.05, 0.1) is 12.7 Å². The smallest absolute Gasteiger partial charge is 0.221 e. The van der Waals surface area contributed by atoms with Crippen molar-refractivity contribution in [2.24, 2.45) is 5.73 Å². The number of anilines is 1. The molecule has 0 bridgehead atoms. The summed E-state index contributed by atoms with van der Waals surface area (Å²) < 4.78 is 33.5. The van der Waals surface area contributed by atoms with E-state index in [0.717, 1.165) is 12.0 Å². The van der Waals surface area contributed by atoms with Crippen molar-refractivity contribution < 1.29 is 18.3 Å². The molecule has 1 heterocycles. The van der Waals surface area contributed by atoms with E-state index in [4.69, 9.17) is 30.0 Å². The molecule has 0 amide bonds. The van der Waals surface area contributed by atoms with Crippen molar-refractivity contribution in [3.63, 3.8) is 0 Å². The van der Waals surface area contributed by atoms with E-state index in [1.54, 1.807) is 42.7 Å². The third-order valence-electron chi connectivity index (χ3n) is 5.91. The number of rotatable bonds is 11. The number of hydrogen-bond acceptors (Lipinski definition) is 6. The summed E-state index contributed by atoms with van der Waals surface area (Å²) in [6, 6.07) is 19.0. The molecule has 0 aliphatic carbocycles. The predicted octanol–water partition coefficient (Wildman–Crippen LogP) is 6.54. The standard InChI is InChI=1S/C29H31FN4O3/c1-4-18(3)37-25-16-22(35-5-2)15-23(26(25)30)27(33-21-13-11-20(12-14-21)28(31)32)29-34-24(17-36-29)19-9-7-6-8-10-19/h6-18,27,33H,4-5H2,1-3H3,(H3,31,32). The fourth-order valence-corrected chi connectivity index (χ4v) is 3.79. The van der Waals surface area contributed by atoms with Crippen LogP contribution in [0, 0.1) is 11.2 Å². The molecule has 192 valence electrons. The fourth-order valence-electron chi connectivity index (χ4n) is 3.79. The lowest BCUT2D eigenvalue weighted by molar-refractivity contribution is 0.205. The highest BCUT2D eigenvalue weighted by Gasteiger charge is 2.27. The summed E-state index contributed by atoms with van der Waals surface area (Å²) in [5, 5.41) is 11.0. The van der Waals surface area contributed by atoms with Crippen molar-refractivity contribution in [2.45, 2.75) is 39.3 Å². The summed E-state index contributed by atoms with van der Waals surface area (Å²) in [4.78, 5) is 4.69. The maximum Gasteiger partial charge on any atom is 0.221 e. The van der Waals surface area contributed by atoms with Gasteiger partial charge in [0, 0.05) is 28.4 Å². The second-order valence-electron chi connectivity index (χ2n) is 8.60. The normalized spacial score (nSPS) is 12.5. The lowest BCUT2D eigenvalue weighted by Gasteiger charge is -2.22. The Morgan fingerprint density at radius 2 is 1.84 bits per heavy atom. The predicted molar refractivity (Wildman–Crippen MR) is 143 cm³/mol. The zero-order chi connectivity index (χ0) is 26.4. The van der Waals surface area contributed by atoms with E-state index >= 15 is 4.39 Å². The number of nitrogens with zero attached hydrogens (tertiary/aromatic N) is 1. The van der Waals surface area contributed by atoms with Crippen LogP contribution in [0.1, 0.15) is 50.3 Å². The second-order valence-corrected chi connectivity index (χ2v) is 8.60. The molecule has 0 spiro atoms. The Bertz CT molecular complexity index is 1340. The van der Waals surface area contributed by atoms with Gasteiger partial charge in [-0.2, -0.15) is 0 Å².